The quantitative estimate of drug-likeness (QED) is 0.734. The van der Waals surface area contributed by atoms with Gasteiger partial charge in [0.05, 0.1) is 18.2 Å². The van der Waals surface area contributed by atoms with Gasteiger partial charge in [0.1, 0.15) is 5.82 Å². The largest absolute Gasteiger partial charge is 0.481 e. The maximum absolute atomic E-state index is 12.3. The van der Waals surface area contributed by atoms with Crippen molar-refractivity contribution in [1.29, 1.82) is 0 Å². The van der Waals surface area contributed by atoms with E-state index in [9.17, 15) is 9.59 Å². The summed E-state index contributed by atoms with van der Waals surface area (Å²) >= 11 is 0. The molecular weight excluding hydrogens is 346 g/mol. The molecule has 0 aromatic carbocycles. The van der Waals surface area contributed by atoms with E-state index in [1.54, 1.807) is 17.9 Å². The minimum Gasteiger partial charge on any atom is -0.481 e. The molecule has 1 amide bonds. The van der Waals surface area contributed by atoms with E-state index in [1.807, 2.05) is 0 Å². The number of hydrogen-bond acceptors (Lipinski definition) is 5. The lowest BCUT2D eigenvalue weighted by atomic mass is 10.1. The number of hydrogen-bond donors (Lipinski definition) is 2. The lowest BCUT2D eigenvalue weighted by Crippen LogP contribution is -2.28. The average molecular weight is 371 g/mol. The van der Waals surface area contributed by atoms with Crippen molar-refractivity contribution in [2.24, 2.45) is 0 Å². The Bertz CT molecular complexity index is 817. The van der Waals surface area contributed by atoms with E-state index in [0.717, 1.165) is 43.7 Å². The number of aryl methyl sites for hydroxylation is 3. The Morgan fingerprint density at radius 1 is 1.37 bits per heavy atom. The van der Waals surface area contributed by atoms with Crippen LogP contribution >= 0.6 is 0 Å². The van der Waals surface area contributed by atoms with E-state index < -0.39 is 5.97 Å². The first kappa shape index (κ1) is 18.9. The molecule has 0 spiro atoms. The molecule has 1 aliphatic heterocycles. The summed E-state index contributed by atoms with van der Waals surface area (Å²) < 4.78 is 1.74. The van der Waals surface area contributed by atoms with Gasteiger partial charge >= 0.3 is 5.97 Å². The molecule has 8 nitrogen and oxygen atoms in total. The monoisotopic (exact) mass is 371 g/mol. The van der Waals surface area contributed by atoms with E-state index in [2.05, 4.69) is 27.5 Å². The van der Waals surface area contributed by atoms with Crippen LogP contribution in [0, 0.1) is 0 Å². The summed E-state index contributed by atoms with van der Waals surface area (Å²) in [4.78, 5) is 29.0. The normalized spacial score (nSPS) is 12.9. The third-order valence-corrected chi connectivity index (χ3v) is 4.66. The highest BCUT2D eigenvalue weighted by Crippen LogP contribution is 2.20. The fraction of sp³-hybridized carbons (Fsp3) is 0.474. The molecule has 0 atom stereocenters. The molecule has 1 aliphatic rings. The van der Waals surface area contributed by atoms with Gasteiger partial charge in [-0.2, -0.15) is 5.10 Å². The molecular formula is C19H25N5O3. The minimum absolute atomic E-state index is 0.0704. The van der Waals surface area contributed by atoms with E-state index >= 15 is 0 Å². The standard InChI is InChI=1S/C19H25N5O3/c1-23(11-8-17(25)26)19(27)15-12-21-24(13-15)10-3-5-16-7-6-14-4-2-9-20-18(14)22-16/h6-7,12-13H,2-5,8-11H2,1H3,(H,20,22)(H,25,26). The van der Waals surface area contributed by atoms with Crippen molar-refractivity contribution in [2.45, 2.75) is 38.6 Å². The van der Waals surface area contributed by atoms with Gasteiger partial charge in [-0.15, -0.1) is 0 Å². The summed E-state index contributed by atoms with van der Waals surface area (Å²) in [7, 11) is 1.60. The molecule has 0 unspecified atom stereocenters. The molecule has 27 heavy (non-hydrogen) atoms. The molecule has 2 N–H and O–H groups in total. The third-order valence-electron chi connectivity index (χ3n) is 4.66. The fourth-order valence-electron chi connectivity index (χ4n) is 3.11. The predicted octanol–water partition coefficient (Wildman–Crippen LogP) is 1.82. The Balaban J connectivity index is 1.49. The van der Waals surface area contributed by atoms with Gasteiger partial charge in [0.2, 0.25) is 0 Å². The van der Waals surface area contributed by atoms with Crippen LogP contribution in [0.3, 0.4) is 0 Å². The van der Waals surface area contributed by atoms with Gasteiger partial charge < -0.3 is 15.3 Å². The van der Waals surface area contributed by atoms with E-state index in [-0.39, 0.29) is 18.9 Å². The molecule has 0 saturated heterocycles. The summed E-state index contributed by atoms with van der Waals surface area (Å²) in [6.45, 7) is 1.85. The Morgan fingerprint density at radius 3 is 3.04 bits per heavy atom. The Morgan fingerprint density at radius 2 is 2.22 bits per heavy atom. The molecule has 3 rings (SSSR count). The Labute approximate surface area is 158 Å². The predicted molar refractivity (Wildman–Crippen MR) is 101 cm³/mol. The number of anilines is 1. The number of carboxylic acids is 1. The first-order chi connectivity index (χ1) is 13.0. The number of aromatic nitrogens is 3. The SMILES string of the molecule is CN(CCC(=O)O)C(=O)c1cnn(CCCc2ccc3c(n2)NCCC3)c1. The number of fused-ring (bicyclic) bond motifs is 1. The number of nitrogens with one attached hydrogen (secondary N) is 1. The zero-order valence-electron chi connectivity index (χ0n) is 15.5. The van der Waals surface area contributed by atoms with Crippen molar-refractivity contribution in [3.8, 4) is 0 Å². The number of nitrogens with zero attached hydrogens (tertiary/aromatic N) is 4. The summed E-state index contributed by atoms with van der Waals surface area (Å²) in [5, 5.41) is 16.3. The number of carbonyl (C=O) groups is 2. The van der Waals surface area contributed by atoms with Crippen LogP contribution in [0.2, 0.25) is 0 Å². The second kappa shape index (κ2) is 8.66. The van der Waals surface area contributed by atoms with Crippen LogP contribution < -0.4 is 5.32 Å². The highest BCUT2D eigenvalue weighted by Gasteiger charge is 2.15. The number of pyridine rings is 1. The van der Waals surface area contributed by atoms with Crippen LogP contribution in [0.25, 0.3) is 0 Å². The smallest absolute Gasteiger partial charge is 0.305 e. The topological polar surface area (TPSA) is 100 Å². The number of carboxylic acid groups (broad SMARTS) is 1. The van der Waals surface area contributed by atoms with Gasteiger partial charge in [0.15, 0.2) is 0 Å². The third kappa shape index (κ3) is 5.06. The number of amides is 1. The molecule has 144 valence electrons. The van der Waals surface area contributed by atoms with Crippen LogP contribution in [0.15, 0.2) is 24.5 Å². The molecule has 0 aliphatic carbocycles. The molecule has 0 fully saturated rings. The van der Waals surface area contributed by atoms with Crippen molar-refractivity contribution in [3.63, 3.8) is 0 Å². The number of carbonyl (C=O) groups excluding carboxylic acids is 1. The molecule has 0 bridgehead atoms. The first-order valence-corrected chi connectivity index (χ1v) is 9.25. The van der Waals surface area contributed by atoms with Gasteiger partial charge in [-0.1, -0.05) is 6.07 Å². The van der Waals surface area contributed by atoms with Crippen LogP contribution in [-0.4, -0.2) is 56.8 Å². The van der Waals surface area contributed by atoms with Crippen molar-refractivity contribution < 1.29 is 14.7 Å². The van der Waals surface area contributed by atoms with Crippen molar-refractivity contribution in [1.82, 2.24) is 19.7 Å². The second-order valence-corrected chi connectivity index (χ2v) is 6.81. The first-order valence-electron chi connectivity index (χ1n) is 9.25. The van der Waals surface area contributed by atoms with Gasteiger partial charge in [0.25, 0.3) is 5.91 Å². The van der Waals surface area contributed by atoms with E-state index in [4.69, 9.17) is 5.11 Å². The number of rotatable bonds is 8. The van der Waals surface area contributed by atoms with Crippen molar-refractivity contribution in [2.75, 3.05) is 25.5 Å². The van der Waals surface area contributed by atoms with Gasteiger partial charge in [-0.3, -0.25) is 14.3 Å². The Kier molecular flexibility index (Phi) is 6.05. The second-order valence-electron chi connectivity index (χ2n) is 6.81. The zero-order valence-corrected chi connectivity index (χ0v) is 15.5. The van der Waals surface area contributed by atoms with Crippen molar-refractivity contribution in [3.05, 3.63) is 41.3 Å². The fourth-order valence-corrected chi connectivity index (χ4v) is 3.11. The summed E-state index contributed by atoms with van der Waals surface area (Å²) in [5.41, 5.74) is 2.81. The van der Waals surface area contributed by atoms with Gasteiger partial charge in [-0.25, -0.2) is 4.98 Å². The number of aliphatic carboxylic acids is 1. The lowest BCUT2D eigenvalue weighted by Gasteiger charge is -2.17. The van der Waals surface area contributed by atoms with Crippen LogP contribution in [0.4, 0.5) is 5.82 Å². The summed E-state index contributed by atoms with van der Waals surface area (Å²) in [5.74, 6) is -0.128. The maximum atomic E-state index is 12.3. The summed E-state index contributed by atoms with van der Waals surface area (Å²) in [6.07, 6.45) is 7.12. The lowest BCUT2D eigenvalue weighted by molar-refractivity contribution is -0.137. The van der Waals surface area contributed by atoms with Gasteiger partial charge in [-0.05, 0) is 37.3 Å². The minimum atomic E-state index is -0.920. The van der Waals surface area contributed by atoms with Crippen LogP contribution in [-0.2, 0) is 24.2 Å². The zero-order chi connectivity index (χ0) is 19.2. The molecule has 2 aromatic rings. The highest BCUT2D eigenvalue weighted by molar-refractivity contribution is 5.93. The average Bonchev–Trinajstić information content (AvgIpc) is 3.14. The van der Waals surface area contributed by atoms with Crippen LogP contribution in [0.1, 0.15) is 40.9 Å². The van der Waals surface area contributed by atoms with Crippen LogP contribution in [0.5, 0.6) is 0 Å². The van der Waals surface area contributed by atoms with E-state index in [1.165, 1.54) is 16.7 Å². The van der Waals surface area contributed by atoms with E-state index in [0.29, 0.717) is 12.1 Å². The molecule has 0 saturated carbocycles. The molecule has 0 radical (unpaired) electrons. The highest BCUT2D eigenvalue weighted by atomic mass is 16.4. The molecule has 2 aromatic heterocycles. The molecule has 3 heterocycles. The maximum Gasteiger partial charge on any atom is 0.305 e. The Hall–Kier alpha value is -2.90. The summed E-state index contributed by atoms with van der Waals surface area (Å²) in [6, 6.07) is 4.24. The van der Waals surface area contributed by atoms with Crippen molar-refractivity contribution >= 4 is 17.7 Å². The van der Waals surface area contributed by atoms with Gasteiger partial charge in [0, 0.05) is 38.6 Å². The molecule has 8 heteroatoms.